The zero-order chi connectivity index (χ0) is 24.0. The smallest absolute Gasteiger partial charge is 0.363 e. The highest BCUT2D eigenvalue weighted by molar-refractivity contribution is 6.13. The van der Waals surface area contributed by atoms with Crippen LogP contribution in [0.25, 0.3) is 6.08 Å². The van der Waals surface area contributed by atoms with E-state index in [4.69, 9.17) is 18.9 Å². The number of rotatable bonds is 9. The third kappa shape index (κ3) is 5.73. The van der Waals surface area contributed by atoms with Crippen LogP contribution in [0, 0.1) is 17.0 Å². The van der Waals surface area contributed by atoms with Crippen molar-refractivity contribution in [1.29, 1.82) is 0 Å². The number of nitrogens with zero attached hydrogens (tertiary/aromatic N) is 2. The highest BCUT2D eigenvalue weighted by Crippen LogP contribution is 2.30. The van der Waals surface area contributed by atoms with E-state index in [9.17, 15) is 19.7 Å². The molecule has 1 heterocycles. The van der Waals surface area contributed by atoms with Crippen molar-refractivity contribution in [3.63, 3.8) is 0 Å². The number of benzene rings is 2. The molecule has 0 bridgehead atoms. The largest absolute Gasteiger partial charge is 0.490 e. The van der Waals surface area contributed by atoms with Crippen LogP contribution >= 0.6 is 0 Å². The fourth-order valence-electron chi connectivity index (χ4n) is 3.03. The summed E-state index contributed by atoms with van der Waals surface area (Å²) in [6.07, 6.45) is 1.52. The van der Waals surface area contributed by atoms with Crippen molar-refractivity contribution in [1.82, 2.24) is 0 Å². The highest BCUT2D eigenvalue weighted by atomic mass is 16.6. The summed E-state index contributed by atoms with van der Waals surface area (Å²) in [6, 6.07) is 9.28. The number of carbonyl (C=O) groups excluding carboxylic acids is 2. The first-order valence-electron chi connectivity index (χ1n) is 10.2. The average molecular weight is 454 g/mol. The second-order valence-electron chi connectivity index (χ2n) is 6.83. The lowest BCUT2D eigenvalue weighted by Gasteiger charge is -2.12. The van der Waals surface area contributed by atoms with E-state index >= 15 is 0 Å². The minimum atomic E-state index is -0.651. The van der Waals surface area contributed by atoms with Gasteiger partial charge in [0.05, 0.1) is 18.1 Å². The summed E-state index contributed by atoms with van der Waals surface area (Å²) in [5.74, 6) is -0.349. The third-order valence-corrected chi connectivity index (χ3v) is 4.48. The number of hydrogen-bond donors (Lipinski definition) is 0. The number of aliphatic imine (C=N–C) groups is 1. The topological polar surface area (TPSA) is 127 Å². The molecule has 0 amide bonds. The fourth-order valence-corrected chi connectivity index (χ4v) is 3.03. The molecule has 0 aliphatic carbocycles. The standard InChI is InChI=1S/C23H22N2O8/c1-4-30-20-12-15(6-9-19(20)32-13-21(26)31-5-2)11-17-23(27)33-22(24-17)16-7-8-18(25(28)29)14(3)10-16/h6-12H,4-5,13H2,1-3H3/b17-11-. The van der Waals surface area contributed by atoms with Crippen LogP contribution in [0.15, 0.2) is 47.1 Å². The van der Waals surface area contributed by atoms with E-state index in [0.29, 0.717) is 34.8 Å². The third-order valence-electron chi connectivity index (χ3n) is 4.48. The molecular formula is C23H22N2O8. The summed E-state index contributed by atoms with van der Waals surface area (Å²) < 4.78 is 21.1. The van der Waals surface area contributed by atoms with Crippen molar-refractivity contribution in [3.8, 4) is 11.5 Å². The summed E-state index contributed by atoms with van der Waals surface area (Å²) in [6.45, 7) is 5.46. The Labute approximate surface area is 189 Å². The molecule has 0 fully saturated rings. The zero-order valence-electron chi connectivity index (χ0n) is 18.3. The molecule has 33 heavy (non-hydrogen) atoms. The van der Waals surface area contributed by atoms with E-state index in [-0.39, 0.29) is 30.5 Å². The molecule has 0 saturated heterocycles. The van der Waals surface area contributed by atoms with Gasteiger partial charge in [0.2, 0.25) is 5.90 Å². The van der Waals surface area contributed by atoms with E-state index in [1.54, 1.807) is 39.0 Å². The molecule has 0 saturated carbocycles. The summed E-state index contributed by atoms with van der Waals surface area (Å²) >= 11 is 0. The number of ether oxygens (including phenoxy) is 4. The van der Waals surface area contributed by atoms with Gasteiger partial charge in [0.25, 0.3) is 5.69 Å². The number of cyclic esters (lactones) is 1. The lowest BCUT2D eigenvalue weighted by Crippen LogP contribution is -2.15. The Balaban J connectivity index is 1.84. The molecule has 0 atom stereocenters. The van der Waals surface area contributed by atoms with Gasteiger partial charge in [-0.1, -0.05) is 6.07 Å². The van der Waals surface area contributed by atoms with Crippen LogP contribution in [-0.2, 0) is 19.1 Å². The van der Waals surface area contributed by atoms with Gasteiger partial charge in [-0.05, 0) is 56.7 Å². The van der Waals surface area contributed by atoms with E-state index in [2.05, 4.69) is 4.99 Å². The molecule has 1 aliphatic heterocycles. The van der Waals surface area contributed by atoms with Crippen LogP contribution in [0.4, 0.5) is 5.69 Å². The quantitative estimate of drug-likeness (QED) is 0.243. The van der Waals surface area contributed by atoms with Gasteiger partial charge < -0.3 is 18.9 Å². The first-order chi connectivity index (χ1) is 15.8. The number of carbonyl (C=O) groups is 2. The van der Waals surface area contributed by atoms with Gasteiger partial charge in [-0.3, -0.25) is 10.1 Å². The van der Waals surface area contributed by atoms with E-state index in [1.807, 2.05) is 0 Å². The number of nitro benzene ring substituents is 1. The number of aryl methyl sites for hydroxylation is 1. The monoisotopic (exact) mass is 454 g/mol. The molecular weight excluding hydrogens is 432 g/mol. The van der Waals surface area contributed by atoms with Gasteiger partial charge >= 0.3 is 11.9 Å². The number of nitro groups is 1. The van der Waals surface area contributed by atoms with Crippen LogP contribution in [0.3, 0.4) is 0 Å². The van der Waals surface area contributed by atoms with E-state index < -0.39 is 16.9 Å². The molecule has 0 unspecified atom stereocenters. The van der Waals surface area contributed by atoms with Crippen molar-refractivity contribution in [2.45, 2.75) is 20.8 Å². The molecule has 10 heteroatoms. The van der Waals surface area contributed by atoms with Crippen LogP contribution in [0.5, 0.6) is 11.5 Å². The lowest BCUT2D eigenvalue weighted by atomic mass is 10.1. The fraction of sp³-hybridized carbons (Fsp3) is 0.261. The van der Waals surface area contributed by atoms with Crippen molar-refractivity contribution < 1.29 is 33.5 Å². The maximum atomic E-state index is 12.3. The summed E-state index contributed by atoms with van der Waals surface area (Å²) in [5.41, 5.74) is 1.50. The Hall–Kier alpha value is -4.21. The Morgan fingerprint density at radius 1 is 1.12 bits per heavy atom. The van der Waals surface area contributed by atoms with Gasteiger partial charge in [0, 0.05) is 17.2 Å². The highest BCUT2D eigenvalue weighted by Gasteiger charge is 2.25. The maximum absolute atomic E-state index is 12.3. The Kier molecular flexibility index (Phi) is 7.39. The van der Waals surface area contributed by atoms with Gasteiger partial charge in [0.1, 0.15) is 0 Å². The van der Waals surface area contributed by atoms with Gasteiger partial charge in [0.15, 0.2) is 23.8 Å². The molecule has 2 aromatic rings. The minimum absolute atomic E-state index is 0.0341. The summed E-state index contributed by atoms with van der Waals surface area (Å²) in [7, 11) is 0. The second kappa shape index (κ2) is 10.4. The van der Waals surface area contributed by atoms with Gasteiger partial charge in [-0.2, -0.15) is 0 Å². The van der Waals surface area contributed by atoms with Crippen LogP contribution < -0.4 is 9.47 Å². The first kappa shape index (κ1) is 23.5. The SMILES string of the molecule is CCOC(=O)COc1ccc(/C=C2\N=C(c3ccc([N+](=O)[O-])c(C)c3)OC2=O)cc1OCC. The van der Waals surface area contributed by atoms with Crippen LogP contribution in [-0.4, -0.2) is 42.6 Å². The predicted molar refractivity (Wildman–Crippen MR) is 118 cm³/mol. The van der Waals surface area contributed by atoms with Crippen molar-refractivity contribution in [3.05, 3.63) is 68.9 Å². The summed E-state index contributed by atoms with van der Waals surface area (Å²) in [5, 5.41) is 11.0. The van der Waals surface area contributed by atoms with E-state index in [1.165, 1.54) is 24.3 Å². The summed E-state index contributed by atoms with van der Waals surface area (Å²) in [4.78, 5) is 38.6. The normalized spacial score (nSPS) is 14.0. The molecule has 3 rings (SSSR count). The molecule has 0 N–H and O–H groups in total. The molecule has 1 aliphatic rings. The molecule has 10 nitrogen and oxygen atoms in total. The van der Waals surface area contributed by atoms with Crippen LogP contribution in [0.1, 0.15) is 30.5 Å². The Morgan fingerprint density at radius 2 is 1.91 bits per heavy atom. The number of hydrogen-bond acceptors (Lipinski definition) is 9. The lowest BCUT2D eigenvalue weighted by molar-refractivity contribution is -0.385. The number of esters is 2. The Bertz CT molecular complexity index is 1150. The molecule has 2 aromatic carbocycles. The average Bonchev–Trinajstić information content (AvgIpc) is 3.13. The predicted octanol–water partition coefficient (Wildman–Crippen LogP) is 3.59. The van der Waals surface area contributed by atoms with Crippen molar-refractivity contribution in [2.75, 3.05) is 19.8 Å². The van der Waals surface area contributed by atoms with Crippen molar-refractivity contribution >= 4 is 29.6 Å². The molecule has 0 radical (unpaired) electrons. The van der Waals surface area contributed by atoms with Crippen LogP contribution in [0.2, 0.25) is 0 Å². The molecule has 0 spiro atoms. The van der Waals surface area contributed by atoms with Crippen molar-refractivity contribution in [2.24, 2.45) is 4.99 Å². The van der Waals surface area contributed by atoms with Gasteiger partial charge in [-0.15, -0.1) is 0 Å². The minimum Gasteiger partial charge on any atom is -0.490 e. The van der Waals surface area contributed by atoms with E-state index in [0.717, 1.165) is 0 Å². The maximum Gasteiger partial charge on any atom is 0.363 e. The second-order valence-corrected chi connectivity index (χ2v) is 6.83. The molecule has 0 aromatic heterocycles. The first-order valence-corrected chi connectivity index (χ1v) is 10.2. The Morgan fingerprint density at radius 3 is 2.58 bits per heavy atom. The zero-order valence-corrected chi connectivity index (χ0v) is 18.3. The van der Waals surface area contributed by atoms with Gasteiger partial charge in [-0.25, -0.2) is 14.6 Å². The molecule has 172 valence electrons.